The minimum atomic E-state index is -0.513. The van der Waals surface area contributed by atoms with Crippen LogP contribution < -0.4 is 20.4 Å². The molecule has 1 amide bonds. The summed E-state index contributed by atoms with van der Waals surface area (Å²) in [5.41, 5.74) is 1.84. The van der Waals surface area contributed by atoms with Crippen LogP contribution in [0.5, 0.6) is 0 Å². The monoisotopic (exact) mass is 507 g/mol. The predicted octanol–water partition coefficient (Wildman–Crippen LogP) is 3.84. The Bertz CT molecular complexity index is 1160. The number of halogens is 1. The maximum atomic E-state index is 15.2. The van der Waals surface area contributed by atoms with Crippen molar-refractivity contribution in [2.45, 2.75) is 76.4 Å². The number of benzene rings is 1. The van der Waals surface area contributed by atoms with Crippen LogP contribution in [0.1, 0.15) is 57.9 Å². The van der Waals surface area contributed by atoms with E-state index in [4.69, 9.17) is 4.98 Å². The standard InChI is InChI=1S/C28H38FN7O/c1-19(2)34-13-15-35(16-14-34)24-8-7-21(17-23(24)29)32-27-31-18-20-9-10-28(11-12-30-26(28)37)36(25(20)33-27)22-5-3-4-6-22/h7-8,17-19,22H,3-6,9-16H2,1-2H3,(H,30,37)(H,31,32,33). The Morgan fingerprint density at radius 3 is 2.59 bits per heavy atom. The molecule has 1 aromatic heterocycles. The number of hydrogen-bond donors (Lipinski definition) is 2. The fourth-order valence-corrected chi connectivity index (χ4v) is 6.77. The van der Waals surface area contributed by atoms with Gasteiger partial charge in [-0.15, -0.1) is 0 Å². The Morgan fingerprint density at radius 2 is 1.92 bits per heavy atom. The molecule has 0 radical (unpaired) electrons. The van der Waals surface area contributed by atoms with E-state index in [1.807, 2.05) is 18.3 Å². The summed E-state index contributed by atoms with van der Waals surface area (Å²) in [5.74, 6) is 1.20. The summed E-state index contributed by atoms with van der Waals surface area (Å²) in [6.45, 7) is 8.65. The fraction of sp³-hybridized carbons (Fsp3) is 0.607. The quantitative estimate of drug-likeness (QED) is 0.637. The van der Waals surface area contributed by atoms with Crippen LogP contribution in [0.15, 0.2) is 24.4 Å². The number of rotatable bonds is 5. The first kappa shape index (κ1) is 24.4. The summed E-state index contributed by atoms with van der Waals surface area (Å²) in [4.78, 5) is 29.5. The van der Waals surface area contributed by atoms with Crippen LogP contribution in [0.4, 0.5) is 27.5 Å². The molecule has 6 rings (SSSR count). The Hall–Kier alpha value is -2.94. The van der Waals surface area contributed by atoms with Gasteiger partial charge in [0, 0.05) is 62.3 Å². The normalized spacial score (nSPS) is 24.7. The van der Waals surface area contributed by atoms with E-state index in [1.54, 1.807) is 0 Å². The number of nitrogens with zero attached hydrogens (tertiary/aromatic N) is 5. The Kier molecular flexibility index (Phi) is 6.42. The molecule has 4 aliphatic rings. The first-order chi connectivity index (χ1) is 17.9. The third-order valence-corrected chi connectivity index (χ3v) is 8.86. The smallest absolute Gasteiger partial charge is 0.246 e. The van der Waals surface area contributed by atoms with Crippen LogP contribution in [-0.4, -0.2) is 71.1 Å². The van der Waals surface area contributed by atoms with Crippen molar-refractivity contribution in [3.8, 4) is 0 Å². The van der Waals surface area contributed by atoms with Gasteiger partial charge in [0.1, 0.15) is 17.2 Å². The highest BCUT2D eigenvalue weighted by molar-refractivity contribution is 5.93. The van der Waals surface area contributed by atoms with Gasteiger partial charge in [-0.3, -0.25) is 9.69 Å². The van der Waals surface area contributed by atoms with Gasteiger partial charge in [0.2, 0.25) is 11.9 Å². The molecule has 2 aromatic rings. The van der Waals surface area contributed by atoms with Crippen molar-refractivity contribution in [3.05, 3.63) is 35.8 Å². The second kappa shape index (κ2) is 9.74. The summed E-state index contributed by atoms with van der Waals surface area (Å²) in [6, 6.07) is 6.12. The number of hydrogen-bond acceptors (Lipinski definition) is 7. The highest BCUT2D eigenvalue weighted by Crippen LogP contribution is 2.44. The molecule has 4 heterocycles. The van der Waals surface area contributed by atoms with Crippen molar-refractivity contribution >= 4 is 29.0 Å². The zero-order valence-corrected chi connectivity index (χ0v) is 22.0. The van der Waals surface area contributed by atoms with Crippen LogP contribution in [0, 0.1) is 5.82 Å². The van der Waals surface area contributed by atoms with E-state index in [0.29, 0.717) is 36.0 Å². The van der Waals surface area contributed by atoms with Crippen LogP contribution in [-0.2, 0) is 11.2 Å². The molecular weight excluding hydrogens is 469 g/mol. The molecule has 1 aromatic carbocycles. The topological polar surface area (TPSA) is 76.6 Å². The number of aryl methyl sites for hydroxylation is 1. The molecule has 1 spiro atoms. The van der Waals surface area contributed by atoms with Gasteiger partial charge in [-0.1, -0.05) is 12.8 Å². The maximum Gasteiger partial charge on any atom is 0.246 e. The molecule has 0 bridgehead atoms. The summed E-state index contributed by atoms with van der Waals surface area (Å²) < 4.78 is 15.2. The van der Waals surface area contributed by atoms with Crippen molar-refractivity contribution in [1.29, 1.82) is 0 Å². The zero-order valence-electron chi connectivity index (χ0n) is 22.0. The maximum absolute atomic E-state index is 15.2. The number of amides is 1. The summed E-state index contributed by atoms with van der Waals surface area (Å²) in [7, 11) is 0. The SMILES string of the molecule is CC(C)N1CCN(c2ccc(Nc3ncc4c(n3)N(C3CCCC3)C3(CCNC3=O)CC4)cc2F)CC1. The molecular formula is C28H38FN7O. The molecule has 198 valence electrons. The number of aromatic nitrogens is 2. The molecule has 9 heteroatoms. The fourth-order valence-electron chi connectivity index (χ4n) is 6.77. The number of carbonyl (C=O) groups excluding carboxylic acids is 1. The van der Waals surface area contributed by atoms with Crippen molar-refractivity contribution in [2.24, 2.45) is 0 Å². The van der Waals surface area contributed by atoms with Crippen molar-refractivity contribution in [3.63, 3.8) is 0 Å². The van der Waals surface area contributed by atoms with E-state index in [1.165, 1.54) is 18.9 Å². The van der Waals surface area contributed by atoms with Gasteiger partial charge in [0.15, 0.2) is 0 Å². The molecule has 3 aliphatic heterocycles. The van der Waals surface area contributed by atoms with Gasteiger partial charge in [0.05, 0.1) is 5.69 Å². The number of anilines is 4. The first-order valence-electron chi connectivity index (χ1n) is 13.9. The number of nitrogens with one attached hydrogen (secondary N) is 2. The Balaban J connectivity index is 1.24. The van der Waals surface area contributed by atoms with E-state index >= 15 is 4.39 Å². The largest absolute Gasteiger partial charge is 0.367 e. The average Bonchev–Trinajstić information content (AvgIpc) is 3.55. The molecule has 2 N–H and O–H groups in total. The van der Waals surface area contributed by atoms with Crippen LogP contribution in [0.25, 0.3) is 0 Å². The second-order valence-electron chi connectivity index (χ2n) is 11.3. The molecule has 1 unspecified atom stereocenters. The average molecular weight is 508 g/mol. The molecule has 2 saturated heterocycles. The van der Waals surface area contributed by atoms with Crippen LogP contribution in [0.3, 0.4) is 0 Å². The second-order valence-corrected chi connectivity index (χ2v) is 11.3. The number of piperazine rings is 1. The zero-order chi connectivity index (χ0) is 25.6. The molecule has 1 atom stereocenters. The van der Waals surface area contributed by atoms with Crippen molar-refractivity contribution in [1.82, 2.24) is 20.2 Å². The third-order valence-electron chi connectivity index (χ3n) is 8.86. The lowest BCUT2D eigenvalue weighted by molar-refractivity contribution is -0.124. The highest BCUT2D eigenvalue weighted by Gasteiger charge is 2.52. The van der Waals surface area contributed by atoms with Gasteiger partial charge in [-0.2, -0.15) is 4.98 Å². The Morgan fingerprint density at radius 1 is 1.14 bits per heavy atom. The molecule has 8 nitrogen and oxygen atoms in total. The highest BCUT2D eigenvalue weighted by atomic mass is 19.1. The van der Waals surface area contributed by atoms with Crippen molar-refractivity contribution < 1.29 is 9.18 Å². The van der Waals surface area contributed by atoms with E-state index in [0.717, 1.165) is 69.7 Å². The number of fused-ring (bicyclic) bond motifs is 1. The van der Waals surface area contributed by atoms with E-state index in [-0.39, 0.29) is 11.7 Å². The van der Waals surface area contributed by atoms with E-state index in [2.05, 4.69) is 44.2 Å². The lowest BCUT2D eigenvalue weighted by Crippen LogP contribution is -2.60. The van der Waals surface area contributed by atoms with Crippen LogP contribution in [0.2, 0.25) is 0 Å². The van der Waals surface area contributed by atoms with E-state index < -0.39 is 5.54 Å². The lowest BCUT2D eigenvalue weighted by atomic mass is 9.82. The number of carbonyl (C=O) groups is 1. The lowest BCUT2D eigenvalue weighted by Gasteiger charge is -2.47. The minimum absolute atomic E-state index is 0.130. The van der Waals surface area contributed by atoms with Gasteiger partial charge < -0.3 is 20.4 Å². The van der Waals surface area contributed by atoms with Crippen LogP contribution >= 0.6 is 0 Å². The van der Waals surface area contributed by atoms with E-state index in [9.17, 15) is 4.79 Å². The molecule has 37 heavy (non-hydrogen) atoms. The predicted molar refractivity (Wildman–Crippen MR) is 144 cm³/mol. The summed E-state index contributed by atoms with van der Waals surface area (Å²) >= 11 is 0. The van der Waals surface area contributed by atoms with Gasteiger partial charge in [-0.25, -0.2) is 9.37 Å². The van der Waals surface area contributed by atoms with Gasteiger partial charge in [-0.05, 0) is 64.2 Å². The third kappa shape index (κ3) is 4.41. The Labute approximate surface area is 218 Å². The van der Waals surface area contributed by atoms with Crippen molar-refractivity contribution in [2.75, 3.05) is 47.8 Å². The summed E-state index contributed by atoms with van der Waals surface area (Å²) in [6.07, 6.45) is 8.82. The minimum Gasteiger partial charge on any atom is -0.367 e. The molecule has 1 aliphatic carbocycles. The first-order valence-corrected chi connectivity index (χ1v) is 13.9. The van der Waals surface area contributed by atoms with Gasteiger partial charge in [0.25, 0.3) is 0 Å². The summed E-state index contributed by atoms with van der Waals surface area (Å²) in [5, 5.41) is 6.31. The molecule has 3 fully saturated rings. The molecule has 1 saturated carbocycles. The van der Waals surface area contributed by atoms with Gasteiger partial charge >= 0.3 is 0 Å².